The first-order chi connectivity index (χ1) is 7.74. The first-order valence-corrected chi connectivity index (χ1v) is 5.94. The van der Waals surface area contributed by atoms with Crippen molar-refractivity contribution in [1.29, 1.82) is 0 Å². The van der Waals surface area contributed by atoms with Crippen LogP contribution in [0.4, 0.5) is 0 Å². The summed E-state index contributed by atoms with van der Waals surface area (Å²) in [5.41, 5.74) is 1.13. The summed E-state index contributed by atoms with van der Waals surface area (Å²) < 4.78 is 1.05. The number of aromatic nitrogens is 2. The minimum Gasteiger partial charge on any atom is -0.392 e. The maximum Gasteiger partial charge on any atom is 0.108 e. The fourth-order valence-electron chi connectivity index (χ4n) is 1.60. The van der Waals surface area contributed by atoms with Crippen LogP contribution in [0, 0.1) is 0 Å². The van der Waals surface area contributed by atoms with Gasteiger partial charge in [-0.15, -0.1) is 0 Å². The summed E-state index contributed by atoms with van der Waals surface area (Å²) in [6.45, 7) is 0. The van der Waals surface area contributed by atoms with Crippen molar-refractivity contribution in [3.63, 3.8) is 0 Å². The van der Waals surface area contributed by atoms with E-state index in [0.29, 0.717) is 12.8 Å². The van der Waals surface area contributed by atoms with E-state index in [2.05, 4.69) is 25.9 Å². The lowest BCUT2D eigenvalue weighted by Gasteiger charge is -2.08. The average Bonchev–Trinajstić information content (AvgIpc) is 2.74. The Balaban J connectivity index is 1.92. The quantitative estimate of drug-likeness (QED) is 0.903. The highest BCUT2D eigenvalue weighted by atomic mass is 79.9. The number of H-pyrrole nitrogens is 1. The second kappa shape index (κ2) is 5.27. The number of halogens is 1. The number of aromatic amines is 1. The van der Waals surface area contributed by atoms with Crippen molar-refractivity contribution in [2.45, 2.75) is 18.9 Å². The van der Waals surface area contributed by atoms with Gasteiger partial charge in [0.15, 0.2) is 0 Å². The lowest BCUT2D eigenvalue weighted by Crippen LogP contribution is -2.14. The molecular formula is C12H13BrN2O. The molecule has 84 valence electrons. The molecule has 1 atom stereocenters. The van der Waals surface area contributed by atoms with E-state index in [0.717, 1.165) is 15.9 Å². The Morgan fingerprint density at radius 3 is 2.62 bits per heavy atom. The van der Waals surface area contributed by atoms with E-state index in [9.17, 15) is 5.11 Å². The molecule has 0 saturated carbocycles. The van der Waals surface area contributed by atoms with Gasteiger partial charge < -0.3 is 10.1 Å². The zero-order valence-electron chi connectivity index (χ0n) is 8.73. The first-order valence-electron chi connectivity index (χ1n) is 5.15. The number of hydrogen-bond acceptors (Lipinski definition) is 2. The topological polar surface area (TPSA) is 48.9 Å². The fourth-order valence-corrected chi connectivity index (χ4v) is 1.86. The number of imidazole rings is 1. The zero-order chi connectivity index (χ0) is 11.4. The molecule has 2 rings (SSSR count). The van der Waals surface area contributed by atoms with Crippen LogP contribution in [-0.4, -0.2) is 21.2 Å². The monoisotopic (exact) mass is 280 g/mol. The molecule has 0 bridgehead atoms. The van der Waals surface area contributed by atoms with Crippen LogP contribution in [0.5, 0.6) is 0 Å². The number of nitrogens with zero attached hydrogens (tertiary/aromatic N) is 1. The van der Waals surface area contributed by atoms with E-state index in [4.69, 9.17) is 0 Å². The normalized spacial score (nSPS) is 12.6. The maximum atomic E-state index is 9.87. The van der Waals surface area contributed by atoms with Gasteiger partial charge in [0.25, 0.3) is 0 Å². The predicted octanol–water partition coefficient (Wildman–Crippen LogP) is 2.32. The Morgan fingerprint density at radius 2 is 2.00 bits per heavy atom. The molecule has 0 aliphatic rings. The highest BCUT2D eigenvalue weighted by Crippen LogP contribution is 2.12. The van der Waals surface area contributed by atoms with E-state index < -0.39 is 6.10 Å². The molecule has 0 spiro atoms. The molecule has 3 nitrogen and oxygen atoms in total. The van der Waals surface area contributed by atoms with Gasteiger partial charge in [-0.25, -0.2) is 4.98 Å². The van der Waals surface area contributed by atoms with Crippen molar-refractivity contribution >= 4 is 15.9 Å². The summed E-state index contributed by atoms with van der Waals surface area (Å²) in [4.78, 5) is 7.07. The van der Waals surface area contributed by atoms with E-state index in [1.54, 1.807) is 12.4 Å². The second-order valence-electron chi connectivity index (χ2n) is 3.72. The molecule has 1 aromatic heterocycles. The summed E-state index contributed by atoms with van der Waals surface area (Å²) in [7, 11) is 0. The Kier molecular flexibility index (Phi) is 3.74. The minimum atomic E-state index is -0.396. The van der Waals surface area contributed by atoms with E-state index >= 15 is 0 Å². The van der Waals surface area contributed by atoms with Crippen LogP contribution in [-0.2, 0) is 12.8 Å². The lowest BCUT2D eigenvalue weighted by atomic mass is 10.1. The highest BCUT2D eigenvalue weighted by Gasteiger charge is 2.08. The van der Waals surface area contributed by atoms with Gasteiger partial charge in [0.1, 0.15) is 5.82 Å². The minimum absolute atomic E-state index is 0.396. The van der Waals surface area contributed by atoms with Gasteiger partial charge >= 0.3 is 0 Å². The SMILES string of the molecule is OC(Cc1ccc(Br)cc1)Cc1ncc[nH]1. The highest BCUT2D eigenvalue weighted by molar-refractivity contribution is 9.10. The molecule has 0 aliphatic carbocycles. The molecule has 0 saturated heterocycles. The van der Waals surface area contributed by atoms with Crippen molar-refractivity contribution in [1.82, 2.24) is 9.97 Å². The van der Waals surface area contributed by atoms with Crippen LogP contribution in [0.1, 0.15) is 11.4 Å². The molecule has 1 heterocycles. The number of hydrogen-bond donors (Lipinski definition) is 2. The van der Waals surface area contributed by atoms with Crippen molar-refractivity contribution in [2.75, 3.05) is 0 Å². The summed E-state index contributed by atoms with van der Waals surface area (Å²) in [5, 5.41) is 9.87. The van der Waals surface area contributed by atoms with Gasteiger partial charge in [-0.05, 0) is 24.1 Å². The number of nitrogens with one attached hydrogen (secondary N) is 1. The van der Waals surface area contributed by atoms with Crippen molar-refractivity contribution in [3.8, 4) is 0 Å². The van der Waals surface area contributed by atoms with Crippen LogP contribution in [0.2, 0.25) is 0 Å². The predicted molar refractivity (Wildman–Crippen MR) is 66.1 cm³/mol. The van der Waals surface area contributed by atoms with Gasteiger partial charge in [0.2, 0.25) is 0 Å². The second-order valence-corrected chi connectivity index (χ2v) is 4.64. The van der Waals surface area contributed by atoms with Crippen LogP contribution >= 0.6 is 15.9 Å². The maximum absolute atomic E-state index is 9.87. The summed E-state index contributed by atoms with van der Waals surface area (Å²) in [5.74, 6) is 0.824. The van der Waals surface area contributed by atoms with Gasteiger partial charge in [-0.3, -0.25) is 0 Å². The Bertz CT molecular complexity index is 425. The summed E-state index contributed by atoms with van der Waals surface area (Å²) in [6.07, 6.45) is 4.27. The van der Waals surface area contributed by atoms with Crippen LogP contribution in [0.15, 0.2) is 41.1 Å². The van der Waals surface area contributed by atoms with Gasteiger partial charge in [-0.1, -0.05) is 28.1 Å². The van der Waals surface area contributed by atoms with Crippen molar-refractivity contribution < 1.29 is 5.11 Å². The number of benzene rings is 1. The molecule has 1 aromatic carbocycles. The van der Waals surface area contributed by atoms with E-state index in [1.807, 2.05) is 24.3 Å². The molecule has 2 aromatic rings. The molecule has 16 heavy (non-hydrogen) atoms. The van der Waals surface area contributed by atoms with Gasteiger partial charge in [-0.2, -0.15) is 0 Å². The number of aliphatic hydroxyl groups excluding tert-OH is 1. The fraction of sp³-hybridized carbons (Fsp3) is 0.250. The number of aliphatic hydroxyl groups is 1. The Labute approximate surface area is 103 Å². The molecule has 4 heteroatoms. The smallest absolute Gasteiger partial charge is 0.108 e. The standard InChI is InChI=1S/C12H13BrN2O/c13-10-3-1-9(2-4-10)7-11(16)8-12-14-5-6-15-12/h1-6,11,16H,7-8H2,(H,14,15). The molecule has 0 radical (unpaired) electrons. The van der Waals surface area contributed by atoms with Gasteiger partial charge in [0, 0.05) is 23.3 Å². The van der Waals surface area contributed by atoms with Crippen molar-refractivity contribution in [3.05, 3.63) is 52.5 Å². The largest absolute Gasteiger partial charge is 0.392 e. The van der Waals surface area contributed by atoms with Crippen molar-refractivity contribution in [2.24, 2.45) is 0 Å². The molecule has 1 unspecified atom stereocenters. The number of rotatable bonds is 4. The van der Waals surface area contributed by atoms with Crippen LogP contribution in [0.25, 0.3) is 0 Å². The third kappa shape index (κ3) is 3.18. The van der Waals surface area contributed by atoms with Gasteiger partial charge in [0.05, 0.1) is 6.10 Å². The molecular weight excluding hydrogens is 268 g/mol. The van der Waals surface area contributed by atoms with E-state index in [1.165, 1.54) is 0 Å². The Morgan fingerprint density at radius 1 is 1.25 bits per heavy atom. The van der Waals surface area contributed by atoms with Crippen LogP contribution in [0.3, 0.4) is 0 Å². The third-order valence-corrected chi connectivity index (χ3v) is 2.90. The summed E-state index contributed by atoms with van der Waals surface area (Å²) >= 11 is 3.38. The molecule has 2 N–H and O–H groups in total. The molecule has 0 amide bonds. The first kappa shape index (κ1) is 11.4. The zero-order valence-corrected chi connectivity index (χ0v) is 10.3. The van der Waals surface area contributed by atoms with Crippen LogP contribution < -0.4 is 0 Å². The molecule has 0 aliphatic heterocycles. The third-order valence-electron chi connectivity index (χ3n) is 2.37. The summed E-state index contributed by atoms with van der Waals surface area (Å²) in [6, 6.07) is 7.98. The lowest BCUT2D eigenvalue weighted by molar-refractivity contribution is 0.173. The van der Waals surface area contributed by atoms with E-state index in [-0.39, 0.29) is 0 Å². The molecule has 0 fully saturated rings. The Hall–Kier alpha value is -1.13. The average molecular weight is 281 g/mol.